The summed E-state index contributed by atoms with van der Waals surface area (Å²) in [6, 6.07) is 26.3. The first-order valence-corrected chi connectivity index (χ1v) is 5.88. The standard InChI is InChI=1S/C11H9.C5H4Cl.Fe/c1-2-6-10(7-3-1)11-8-4-5-9-11;6-5-3-1-2-4-5;/h1-9H;1-4H;/q-5;-1;. The molecule has 0 saturated carbocycles. The molecular formula is C16H13ClFe-6. The molecule has 0 aliphatic rings. The summed E-state index contributed by atoms with van der Waals surface area (Å²) in [7, 11) is 0. The molecule has 0 spiro atoms. The number of halogens is 1. The van der Waals surface area contributed by atoms with E-state index < -0.39 is 0 Å². The van der Waals surface area contributed by atoms with Gasteiger partial charge in [-0.3, -0.25) is 0 Å². The fourth-order valence-corrected chi connectivity index (χ4v) is 1.69. The van der Waals surface area contributed by atoms with E-state index in [4.69, 9.17) is 11.6 Å². The minimum absolute atomic E-state index is 0. The molecule has 0 heterocycles. The Bertz CT molecular complexity index is 510. The third-order valence-corrected chi connectivity index (χ3v) is 2.64. The Kier molecular flexibility index (Phi) is 6.53. The summed E-state index contributed by atoms with van der Waals surface area (Å²) in [5, 5.41) is 0.815. The predicted molar refractivity (Wildman–Crippen MR) is 74.5 cm³/mol. The third-order valence-electron chi connectivity index (χ3n) is 2.39. The molecule has 2 heteroatoms. The summed E-state index contributed by atoms with van der Waals surface area (Å²) >= 11 is 5.46. The zero-order valence-electron chi connectivity index (χ0n) is 9.74. The Morgan fingerprint density at radius 3 is 1.83 bits per heavy atom. The van der Waals surface area contributed by atoms with E-state index in [0.29, 0.717) is 0 Å². The second-order valence-corrected chi connectivity index (χ2v) is 4.08. The van der Waals surface area contributed by atoms with Crippen LogP contribution in [-0.4, -0.2) is 0 Å². The molecule has 0 bridgehead atoms. The van der Waals surface area contributed by atoms with Crippen LogP contribution in [0.4, 0.5) is 0 Å². The predicted octanol–water partition coefficient (Wildman–Crippen LogP) is 5.13. The van der Waals surface area contributed by atoms with E-state index in [1.165, 1.54) is 11.1 Å². The first-order valence-electron chi connectivity index (χ1n) is 5.50. The Morgan fingerprint density at radius 2 is 1.39 bits per heavy atom. The van der Waals surface area contributed by atoms with Crippen molar-refractivity contribution in [3.63, 3.8) is 0 Å². The van der Waals surface area contributed by atoms with Crippen LogP contribution in [0.15, 0.2) is 78.9 Å². The summed E-state index contributed by atoms with van der Waals surface area (Å²) in [6.07, 6.45) is 0. The van der Waals surface area contributed by atoms with Gasteiger partial charge in [-0.2, -0.15) is 35.9 Å². The van der Waals surface area contributed by atoms with Gasteiger partial charge in [0, 0.05) is 17.1 Å². The van der Waals surface area contributed by atoms with Crippen molar-refractivity contribution in [3.8, 4) is 11.1 Å². The topological polar surface area (TPSA) is 0 Å². The van der Waals surface area contributed by atoms with Gasteiger partial charge in [0.05, 0.1) is 0 Å². The third kappa shape index (κ3) is 4.54. The van der Waals surface area contributed by atoms with Gasteiger partial charge in [0.1, 0.15) is 0 Å². The van der Waals surface area contributed by atoms with Crippen molar-refractivity contribution in [1.29, 1.82) is 0 Å². The maximum absolute atomic E-state index is 5.46. The van der Waals surface area contributed by atoms with Crippen LogP contribution in [0.3, 0.4) is 0 Å². The maximum atomic E-state index is 5.46. The second-order valence-electron chi connectivity index (χ2n) is 3.64. The van der Waals surface area contributed by atoms with Crippen LogP contribution in [0.5, 0.6) is 0 Å². The summed E-state index contributed by atoms with van der Waals surface area (Å²) in [5.41, 5.74) is 2.59. The van der Waals surface area contributed by atoms with Crippen molar-refractivity contribution in [3.05, 3.63) is 83.9 Å². The van der Waals surface area contributed by atoms with Gasteiger partial charge in [-0.05, 0) is 0 Å². The van der Waals surface area contributed by atoms with Gasteiger partial charge in [-0.15, -0.1) is 6.07 Å². The summed E-state index contributed by atoms with van der Waals surface area (Å²) in [6.45, 7) is 0. The second kappa shape index (κ2) is 7.94. The number of benzene rings is 1. The SMILES string of the molecule is Cl[c-]1cccc1.[Fe].c1ccc(-[c-]2[cH-][cH-][cH-][cH-]2)cc1. The van der Waals surface area contributed by atoms with E-state index in [1.54, 1.807) is 0 Å². The summed E-state index contributed by atoms with van der Waals surface area (Å²) in [5.74, 6) is 0. The Morgan fingerprint density at radius 1 is 0.833 bits per heavy atom. The Balaban J connectivity index is 0.000000199. The molecule has 0 fully saturated rings. The van der Waals surface area contributed by atoms with Crippen LogP contribution >= 0.6 is 11.6 Å². The largest absolute Gasteiger partial charge is 0.642 e. The Hall–Kier alpha value is -1.27. The van der Waals surface area contributed by atoms with Crippen molar-refractivity contribution in [2.45, 2.75) is 0 Å². The van der Waals surface area contributed by atoms with Crippen LogP contribution in [0.1, 0.15) is 0 Å². The van der Waals surface area contributed by atoms with Gasteiger partial charge in [-0.1, -0.05) is 5.02 Å². The Labute approximate surface area is 123 Å². The van der Waals surface area contributed by atoms with E-state index in [2.05, 4.69) is 48.5 Å². The zero-order chi connectivity index (χ0) is 11.9. The number of hydrogen-bond donors (Lipinski definition) is 0. The normalized spacial score (nSPS) is 8.94. The number of rotatable bonds is 1. The molecule has 0 aliphatic heterocycles. The average Bonchev–Trinajstić information content (AvgIpc) is 3.03. The molecule has 3 aromatic rings. The van der Waals surface area contributed by atoms with Crippen molar-refractivity contribution in [2.24, 2.45) is 0 Å². The van der Waals surface area contributed by atoms with Gasteiger partial charge >= 0.3 is 0 Å². The molecule has 0 atom stereocenters. The molecular weight excluding hydrogens is 283 g/mol. The first kappa shape index (κ1) is 14.8. The van der Waals surface area contributed by atoms with Crippen LogP contribution in [-0.2, 0) is 17.1 Å². The minimum Gasteiger partial charge on any atom is -0.642 e. The fourth-order valence-electron chi connectivity index (χ4n) is 1.55. The molecule has 0 N–H and O–H groups in total. The van der Waals surface area contributed by atoms with Crippen LogP contribution in [0.2, 0.25) is 5.02 Å². The van der Waals surface area contributed by atoms with Crippen molar-refractivity contribution < 1.29 is 17.1 Å². The van der Waals surface area contributed by atoms with Gasteiger partial charge in [0.25, 0.3) is 0 Å². The maximum Gasteiger partial charge on any atom is 0 e. The first-order chi connectivity index (χ1) is 8.36. The van der Waals surface area contributed by atoms with Crippen LogP contribution in [0.25, 0.3) is 11.1 Å². The number of hydrogen-bond acceptors (Lipinski definition) is 0. The monoisotopic (exact) mass is 296 g/mol. The zero-order valence-corrected chi connectivity index (χ0v) is 11.6. The van der Waals surface area contributed by atoms with E-state index in [9.17, 15) is 0 Å². The van der Waals surface area contributed by atoms with E-state index in [0.717, 1.165) is 5.02 Å². The molecule has 0 aromatic heterocycles. The van der Waals surface area contributed by atoms with E-state index >= 15 is 0 Å². The van der Waals surface area contributed by atoms with E-state index in [-0.39, 0.29) is 17.1 Å². The minimum atomic E-state index is 0. The molecule has 18 heavy (non-hydrogen) atoms. The molecule has 0 saturated heterocycles. The van der Waals surface area contributed by atoms with Crippen LogP contribution < -0.4 is 0 Å². The fraction of sp³-hybridized carbons (Fsp3) is 0. The van der Waals surface area contributed by atoms with Crippen molar-refractivity contribution >= 4 is 11.6 Å². The van der Waals surface area contributed by atoms with Gasteiger partial charge in [-0.25, -0.2) is 12.1 Å². The molecule has 3 aromatic carbocycles. The quantitative estimate of drug-likeness (QED) is 0.431. The van der Waals surface area contributed by atoms with Gasteiger partial charge < -0.3 is 47.5 Å². The molecule has 0 aliphatic carbocycles. The molecule has 0 nitrogen and oxygen atoms in total. The van der Waals surface area contributed by atoms with Crippen molar-refractivity contribution in [1.82, 2.24) is 0 Å². The molecule has 3 rings (SSSR count). The van der Waals surface area contributed by atoms with Crippen LogP contribution in [0, 0.1) is 0 Å². The average molecular weight is 297 g/mol. The molecule has 0 radical (unpaired) electrons. The molecule has 0 unspecified atom stereocenters. The van der Waals surface area contributed by atoms with E-state index in [1.807, 2.05) is 30.3 Å². The summed E-state index contributed by atoms with van der Waals surface area (Å²) < 4.78 is 0. The van der Waals surface area contributed by atoms with Gasteiger partial charge in [0.2, 0.25) is 0 Å². The smallest absolute Gasteiger partial charge is 0 e. The molecule has 98 valence electrons. The molecule has 0 amide bonds. The summed E-state index contributed by atoms with van der Waals surface area (Å²) in [4.78, 5) is 0. The van der Waals surface area contributed by atoms with Gasteiger partial charge in [0.15, 0.2) is 0 Å². The van der Waals surface area contributed by atoms with Crippen molar-refractivity contribution in [2.75, 3.05) is 0 Å².